The van der Waals surface area contributed by atoms with Crippen LogP contribution in [0.3, 0.4) is 0 Å². The van der Waals surface area contributed by atoms with Crippen molar-refractivity contribution in [2.24, 2.45) is 17.1 Å². The van der Waals surface area contributed by atoms with Crippen LogP contribution in [0.25, 0.3) is 0 Å². The summed E-state index contributed by atoms with van der Waals surface area (Å²) in [7, 11) is 0. The summed E-state index contributed by atoms with van der Waals surface area (Å²) in [6.45, 7) is 13.8. The van der Waals surface area contributed by atoms with Crippen LogP contribution >= 0.6 is 11.3 Å². The summed E-state index contributed by atoms with van der Waals surface area (Å²) in [5.41, 5.74) is 6.14. The Morgan fingerprint density at radius 2 is 1.23 bits per heavy atom. The minimum absolute atomic E-state index is 0.105. The molecular formula is C44H63N7O12S. The summed E-state index contributed by atoms with van der Waals surface area (Å²) < 4.78 is 0. The Bertz CT molecular complexity index is 2030. The molecule has 0 aliphatic rings. The Morgan fingerprint density at radius 1 is 0.672 bits per heavy atom. The molecule has 20 heteroatoms. The minimum Gasteiger partial charge on any atom is -0.481 e. The Labute approximate surface area is 376 Å². The third-order valence-corrected chi connectivity index (χ3v) is 11.2. The van der Waals surface area contributed by atoms with Crippen molar-refractivity contribution in [1.82, 2.24) is 31.9 Å². The number of nitrogens with one attached hydrogen (secondary N) is 6. The van der Waals surface area contributed by atoms with Gasteiger partial charge in [0, 0.05) is 12.8 Å². The van der Waals surface area contributed by atoms with Gasteiger partial charge in [0.2, 0.25) is 35.3 Å². The standard InChI is InChI=1S/C44H63N7O12S/c1-9-10-15-27(34(56)37(45)57)46-39(59)29(20-23(2)3)50-43(63)36(44(6,7)8)51-41(61)30(21-26-14-12-11-13-24(26)4)48-38(58)28(16-17-32(52)53)47-40(60)31(22-33(54)55)49-42(62)35-25(5)18-19-64-35/h11-14,18-19,23,27-31,36H,9-10,15-17,20-22H2,1-8H3,(H2,45,57)(H,46,59)(H,47,60)(H,48,58)(H,49,62)(H,50,63)(H,51,61)(H,52,53)(H,54,55)/t27?,28-,29-,30-,31-,36+/m0/s1. The van der Waals surface area contributed by atoms with Gasteiger partial charge in [-0.15, -0.1) is 11.3 Å². The number of carboxylic acid groups (broad SMARTS) is 2. The molecule has 7 amide bonds. The molecule has 64 heavy (non-hydrogen) atoms. The number of thiophene rings is 1. The van der Waals surface area contributed by atoms with Crippen LogP contribution in [0.5, 0.6) is 0 Å². The molecule has 19 nitrogen and oxygen atoms in total. The minimum atomic E-state index is -1.68. The highest BCUT2D eigenvalue weighted by Crippen LogP contribution is 2.22. The second-order valence-corrected chi connectivity index (χ2v) is 18.1. The smallest absolute Gasteiger partial charge is 0.305 e. The molecule has 1 heterocycles. The first-order valence-corrected chi connectivity index (χ1v) is 21.9. The van der Waals surface area contributed by atoms with Crippen LogP contribution < -0.4 is 37.6 Å². The molecule has 1 aromatic heterocycles. The summed E-state index contributed by atoms with van der Waals surface area (Å²) in [6, 6.07) is 0.0240. The molecular weight excluding hydrogens is 851 g/mol. The number of carbonyl (C=O) groups is 10. The van der Waals surface area contributed by atoms with Gasteiger partial charge in [-0.3, -0.25) is 47.9 Å². The van der Waals surface area contributed by atoms with Gasteiger partial charge in [0.15, 0.2) is 0 Å². The van der Waals surface area contributed by atoms with Crippen LogP contribution in [0.1, 0.15) is 113 Å². The number of aliphatic carboxylic acids is 2. The van der Waals surface area contributed by atoms with Gasteiger partial charge in [-0.2, -0.15) is 0 Å². The van der Waals surface area contributed by atoms with Crippen molar-refractivity contribution >= 4 is 70.4 Å². The van der Waals surface area contributed by atoms with E-state index in [1.165, 1.54) is 0 Å². The first-order valence-electron chi connectivity index (χ1n) is 21.0. The topological polar surface area (TPSA) is 309 Å². The van der Waals surface area contributed by atoms with Crippen molar-refractivity contribution in [2.75, 3.05) is 0 Å². The molecule has 0 aliphatic carbocycles. The monoisotopic (exact) mass is 913 g/mol. The molecule has 6 atom stereocenters. The molecule has 1 unspecified atom stereocenters. The molecule has 0 bridgehead atoms. The van der Waals surface area contributed by atoms with Crippen molar-refractivity contribution in [3.63, 3.8) is 0 Å². The number of rotatable bonds is 26. The average molecular weight is 914 g/mol. The van der Waals surface area contributed by atoms with Crippen LogP contribution in [0.2, 0.25) is 0 Å². The van der Waals surface area contributed by atoms with Gasteiger partial charge in [-0.25, -0.2) is 0 Å². The second-order valence-electron chi connectivity index (χ2n) is 17.2. The fraction of sp³-hybridized carbons (Fsp3) is 0.545. The third-order valence-electron chi connectivity index (χ3n) is 10.1. The van der Waals surface area contributed by atoms with Gasteiger partial charge in [0.05, 0.1) is 17.3 Å². The molecule has 0 spiro atoms. The maximum absolute atomic E-state index is 14.4. The van der Waals surface area contributed by atoms with E-state index in [4.69, 9.17) is 5.73 Å². The lowest BCUT2D eigenvalue weighted by molar-refractivity contribution is -0.140. The zero-order chi connectivity index (χ0) is 48.5. The molecule has 0 saturated heterocycles. The van der Waals surface area contributed by atoms with Crippen LogP contribution in [0.15, 0.2) is 35.7 Å². The number of unbranched alkanes of at least 4 members (excludes halogenated alkanes) is 1. The van der Waals surface area contributed by atoms with E-state index in [0.29, 0.717) is 24.0 Å². The first-order chi connectivity index (χ1) is 29.9. The van der Waals surface area contributed by atoms with Crippen LogP contribution in [-0.4, -0.2) is 106 Å². The number of ketones is 1. The lowest BCUT2D eigenvalue weighted by atomic mass is 9.85. The number of aryl methyl sites for hydroxylation is 2. The van der Waals surface area contributed by atoms with Crippen LogP contribution in [0.4, 0.5) is 0 Å². The summed E-state index contributed by atoms with van der Waals surface area (Å²) >= 11 is 1.06. The zero-order valence-corrected chi connectivity index (χ0v) is 38.4. The number of benzene rings is 1. The lowest BCUT2D eigenvalue weighted by Gasteiger charge is -2.34. The number of primary amides is 1. The Kier molecular flexibility index (Phi) is 21.2. The van der Waals surface area contributed by atoms with Crippen LogP contribution in [-0.2, 0) is 49.6 Å². The van der Waals surface area contributed by atoms with Gasteiger partial charge in [-0.1, -0.05) is 78.6 Å². The summed E-state index contributed by atoms with van der Waals surface area (Å²) in [6.07, 6.45) is -0.770. The van der Waals surface area contributed by atoms with E-state index in [1.807, 2.05) is 6.92 Å². The van der Waals surface area contributed by atoms with E-state index in [0.717, 1.165) is 16.9 Å². The Balaban J connectivity index is 2.50. The van der Waals surface area contributed by atoms with E-state index in [2.05, 4.69) is 31.9 Å². The number of carbonyl (C=O) groups excluding carboxylic acids is 8. The predicted octanol–water partition coefficient (Wildman–Crippen LogP) is 1.81. The lowest BCUT2D eigenvalue weighted by Crippen LogP contribution is -2.62. The van der Waals surface area contributed by atoms with Crippen LogP contribution in [0, 0.1) is 25.2 Å². The van der Waals surface area contributed by atoms with Gasteiger partial charge in [-0.05, 0) is 72.6 Å². The van der Waals surface area contributed by atoms with Crippen molar-refractivity contribution < 1.29 is 58.2 Å². The van der Waals surface area contributed by atoms with E-state index >= 15 is 0 Å². The molecule has 0 saturated carbocycles. The van der Waals surface area contributed by atoms with E-state index in [1.54, 1.807) is 84.2 Å². The largest absolute Gasteiger partial charge is 0.481 e. The fourth-order valence-corrected chi connectivity index (χ4v) is 7.39. The van der Waals surface area contributed by atoms with E-state index in [-0.39, 0.29) is 30.1 Å². The summed E-state index contributed by atoms with van der Waals surface area (Å²) in [5.74, 6) is -10.4. The molecule has 1 aromatic carbocycles. The van der Waals surface area contributed by atoms with E-state index in [9.17, 15) is 58.2 Å². The SMILES string of the molecule is CCCCC(NC(=O)[C@H](CC(C)C)NC(=O)[C@@H](NC(=O)[C@H](Cc1ccccc1C)NC(=O)[C@H](CCC(=O)O)NC(=O)[C@H](CC(=O)O)NC(=O)c1sccc1C)C(C)(C)C)C(=O)C(N)=O. The average Bonchev–Trinajstić information content (AvgIpc) is 3.64. The third kappa shape index (κ3) is 17.5. The van der Waals surface area contributed by atoms with Crippen molar-refractivity contribution in [3.8, 4) is 0 Å². The maximum atomic E-state index is 14.4. The molecule has 10 N–H and O–H groups in total. The number of hydrogen-bond donors (Lipinski definition) is 9. The molecule has 2 rings (SSSR count). The normalized spacial score (nSPS) is 14.1. The second kappa shape index (κ2) is 25.2. The van der Waals surface area contributed by atoms with Gasteiger partial charge >= 0.3 is 11.9 Å². The molecule has 0 aliphatic heterocycles. The molecule has 352 valence electrons. The molecule has 0 fully saturated rings. The highest BCUT2D eigenvalue weighted by Gasteiger charge is 2.39. The Morgan fingerprint density at radius 3 is 1.77 bits per heavy atom. The highest BCUT2D eigenvalue weighted by molar-refractivity contribution is 7.12. The fourth-order valence-electron chi connectivity index (χ4n) is 6.56. The predicted molar refractivity (Wildman–Crippen MR) is 237 cm³/mol. The number of Topliss-reactive ketones (excluding diaryl/α,β-unsaturated/α-hetero) is 1. The quantitative estimate of drug-likeness (QED) is 0.0611. The van der Waals surface area contributed by atoms with E-state index < -0.39 is 120 Å². The Hall–Kier alpha value is -6.18. The molecule has 0 radical (unpaired) electrons. The molecule has 2 aromatic rings. The first kappa shape index (κ1) is 54.0. The summed E-state index contributed by atoms with van der Waals surface area (Å²) in [4.78, 5) is 131. The van der Waals surface area contributed by atoms with Gasteiger partial charge in [0.1, 0.15) is 30.2 Å². The van der Waals surface area contributed by atoms with Crippen molar-refractivity contribution in [2.45, 2.75) is 143 Å². The highest BCUT2D eigenvalue weighted by atomic mass is 32.1. The van der Waals surface area contributed by atoms with Gasteiger partial charge < -0.3 is 47.8 Å². The maximum Gasteiger partial charge on any atom is 0.305 e. The number of carboxylic acids is 2. The van der Waals surface area contributed by atoms with Crippen molar-refractivity contribution in [3.05, 3.63) is 57.3 Å². The van der Waals surface area contributed by atoms with Gasteiger partial charge in [0.25, 0.3) is 11.8 Å². The zero-order valence-electron chi connectivity index (χ0n) is 37.6. The summed E-state index contributed by atoms with van der Waals surface area (Å²) in [5, 5.41) is 36.0. The number of nitrogens with two attached hydrogens (primary N) is 1. The number of hydrogen-bond acceptors (Lipinski definition) is 11. The number of amides is 7. The van der Waals surface area contributed by atoms with Crippen molar-refractivity contribution in [1.29, 1.82) is 0 Å².